The molecule has 1 atom stereocenters. The normalized spacial score (nSPS) is 12.2. The maximum Gasteiger partial charge on any atom is 0.118 e. The van der Waals surface area contributed by atoms with Crippen molar-refractivity contribution >= 4 is 0 Å². The number of benzene rings is 1. The lowest BCUT2D eigenvalue weighted by Gasteiger charge is -2.30. The summed E-state index contributed by atoms with van der Waals surface area (Å²) in [4.78, 5) is 2.19. The zero-order valence-electron chi connectivity index (χ0n) is 12.2. The molecule has 0 fully saturated rings. The Bertz CT molecular complexity index is 414. The van der Waals surface area contributed by atoms with Crippen LogP contribution >= 0.6 is 0 Å². The minimum atomic E-state index is 0.0874. The van der Waals surface area contributed by atoms with Crippen molar-refractivity contribution in [3.05, 3.63) is 29.8 Å². The van der Waals surface area contributed by atoms with Crippen LogP contribution in [0.5, 0.6) is 5.75 Å². The highest BCUT2D eigenvalue weighted by molar-refractivity contribution is 5.29. The van der Waals surface area contributed by atoms with E-state index in [4.69, 9.17) is 20.5 Å². The topological polar surface area (TPSA) is 71.5 Å². The molecule has 20 heavy (non-hydrogen) atoms. The van der Waals surface area contributed by atoms with Gasteiger partial charge >= 0.3 is 0 Å². The molecule has 0 radical (unpaired) electrons. The predicted octanol–water partition coefficient (Wildman–Crippen LogP) is 1.56. The second kappa shape index (κ2) is 9.32. The predicted molar refractivity (Wildman–Crippen MR) is 78.5 cm³/mol. The van der Waals surface area contributed by atoms with E-state index in [-0.39, 0.29) is 6.04 Å². The fraction of sp³-hybridized carbons (Fsp3) is 0.533. The third kappa shape index (κ3) is 4.82. The number of nitrogens with two attached hydrogens (primary N) is 1. The van der Waals surface area contributed by atoms with Gasteiger partial charge in [-0.15, -0.1) is 0 Å². The molecule has 1 rings (SSSR count). The summed E-state index contributed by atoms with van der Waals surface area (Å²) in [5.41, 5.74) is 7.05. The molecular weight excluding hydrogens is 254 g/mol. The number of methoxy groups -OCH3 is 2. The van der Waals surface area contributed by atoms with Crippen molar-refractivity contribution < 1.29 is 9.47 Å². The molecule has 1 unspecified atom stereocenters. The minimum absolute atomic E-state index is 0.0874. The van der Waals surface area contributed by atoms with E-state index < -0.39 is 0 Å². The third-order valence-corrected chi connectivity index (χ3v) is 3.26. The lowest BCUT2D eigenvalue weighted by atomic mass is 10.0. The van der Waals surface area contributed by atoms with Gasteiger partial charge in [0, 0.05) is 39.2 Å². The Hall–Kier alpha value is -1.61. The molecule has 0 amide bonds. The molecule has 0 bridgehead atoms. The third-order valence-electron chi connectivity index (χ3n) is 3.26. The van der Waals surface area contributed by atoms with Gasteiger partial charge in [-0.05, 0) is 17.7 Å². The SMILES string of the molecule is COCCN(CCC#N)C(CN)c1ccc(OC)cc1. The Morgan fingerprint density at radius 1 is 1.25 bits per heavy atom. The molecule has 0 aromatic heterocycles. The summed E-state index contributed by atoms with van der Waals surface area (Å²) in [6.45, 7) is 2.57. The first-order valence-electron chi connectivity index (χ1n) is 6.70. The molecule has 0 spiro atoms. The zero-order chi connectivity index (χ0) is 14.8. The highest BCUT2D eigenvalue weighted by atomic mass is 16.5. The van der Waals surface area contributed by atoms with E-state index in [1.807, 2.05) is 24.3 Å². The molecule has 1 aromatic carbocycles. The smallest absolute Gasteiger partial charge is 0.118 e. The maximum absolute atomic E-state index is 8.78. The Morgan fingerprint density at radius 2 is 1.95 bits per heavy atom. The Morgan fingerprint density at radius 3 is 2.45 bits per heavy atom. The van der Waals surface area contributed by atoms with Gasteiger partial charge in [-0.1, -0.05) is 12.1 Å². The summed E-state index contributed by atoms with van der Waals surface area (Å²) < 4.78 is 10.3. The molecule has 5 nitrogen and oxygen atoms in total. The molecule has 1 aromatic rings. The van der Waals surface area contributed by atoms with Crippen LogP contribution in [0.4, 0.5) is 0 Å². The summed E-state index contributed by atoms with van der Waals surface area (Å²) in [6, 6.07) is 10.2. The monoisotopic (exact) mass is 277 g/mol. The number of ether oxygens (including phenoxy) is 2. The van der Waals surface area contributed by atoms with Crippen molar-refractivity contribution in [1.82, 2.24) is 4.90 Å². The van der Waals surface area contributed by atoms with Crippen molar-refractivity contribution in [2.75, 3.05) is 40.5 Å². The Kier molecular flexibility index (Phi) is 7.66. The van der Waals surface area contributed by atoms with Gasteiger partial charge in [0.25, 0.3) is 0 Å². The molecular formula is C15H23N3O2. The lowest BCUT2D eigenvalue weighted by molar-refractivity contribution is 0.123. The number of nitrogens with zero attached hydrogens (tertiary/aromatic N) is 2. The van der Waals surface area contributed by atoms with Crippen LogP contribution in [0.2, 0.25) is 0 Å². The number of hydrogen-bond acceptors (Lipinski definition) is 5. The van der Waals surface area contributed by atoms with E-state index in [0.717, 1.165) is 17.9 Å². The highest BCUT2D eigenvalue weighted by Gasteiger charge is 2.18. The lowest BCUT2D eigenvalue weighted by Crippen LogP contribution is -2.36. The van der Waals surface area contributed by atoms with Gasteiger partial charge < -0.3 is 15.2 Å². The van der Waals surface area contributed by atoms with Crippen LogP contribution in [0.25, 0.3) is 0 Å². The van der Waals surface area contributed by atoms with Crippen molar-refractivity contribution in [2.45, 2.75) is 12.5 Å². The van der Waals surface area contributed by atoms with Gasteiger partial charge in [0.2, 0.25) is 0 Å². The first-order chi connectivity index (χ1) is 9.76. The second-order valence-corrected chi connectivity index (χ2v) is 4.46. The molecule has 2 N–H and O–H groups in total. The van der Waals surface area contributed by atoms with Crippen LogP contribution in [-0.2, 0) is 4.74 Å². The molecule has 0 saturated carbocycles. The second-order valence-electron chi connectivity index (χ2n) is 4.46. The number of hydrogen-bond donors (Lipinski definition) is 1. The van der Waals surface area contributed by atoms with Gasteiger partial charge in [-0.3, -0.25) is 4.90 Å². The summed E-state index contributed by atoms with van der Waals surface area (Å²) in [6.07, 6.45) is 0.483. The van der Waals surface area contributed by atoms with E-state index >= 15 is 0 Å². The Balaban J connectivity index is 2.83. The summed E-state index contributed by atoms with van der Waals surface area (Å²) >= 11 is 0. The molecule has 0 aliphatic rings. The van der Waals surface area contributed by atoms with E-state index in [1.54, 1.807) is 14.2 Å². The molecule has 5 heteroatoms. The highest BCUT2D eigenvalue weighted by Crippen LogP contribution is 2.22. The van der Waals surface area contributed by atoms with Crippen LogP contribution < -0.4 is 10.5 Å². The van der Waals surface area contributed by atoms with Crippen molar-refractivity contribution in [3.63, 3.8) is 0 Å². The van der Waals surface area contributed by atoms with E-state index in [1.165, 1.54) is 0 Å². The zero-order valence-corrected chi connectivity index (χ0v) is 12.2. The maximum atomic E-state index is 8.78. The average molecular weight is 277 g/mol. The minimum Gasteiger partial charge on any atom is -0.497 e. The van der Waals surface area contributed by atoms with Crippen LogP contribution in [0.1, 0.15) is 18.0 Å². The molecule has 110 valence electrons. The number of nitriles is 1. The summed E-state index contributed by atoms with van der Waals surface area (Å²) in [5, 5.41) is 8.78. The van der Waals surface area contributed by atoms with Gasteiger partial charge in [0.05, 0.1) is 19.8 Å². The molecule has 0 heterocycles. The average Bonchev–Trinajstić information content (AvgIpc) is 2.50. The van der Waals surface area contributed by atoms with Crippen LogP contribution in [0.3, 0.4) is 0 Å². The fourth-order valence-electron chi connectivity index (χ4n) is 2.15. The van der Waals surface area contributed by atoms with E-state index in [2.05, 4.69) is 11.0 Å². The largest absolute Gasteiger partial charge is 0.497 e. The van der Waals surface area contributed by atoms with Crippen molar-refractivity contribution in [3.8, 4) is 11.8 Å². The summed E-state index contributed by atoms with van der Waals surface area (Å²) in [7, 11) is 3.32. The standard InChI is InChI=1S/C15H23N3O2/c1-19-11-10-18(9-3-8-16)15(12-17)13-4-6-14(20-2)7-5-13/h4-7,15H,3,9-12,17H2,1-2H3. The first kappa shape index (κ1) is 16.4. The van der Waals surface area contributed by atoms with Gasteiger partial charge in [-0.25, -0.2) is 0 Å². The van der Waals surface area contributed by atoms with E-state index in [0.29, 0.717) is 26.1 Å². The van der Waals surface area contributed by atoms with Gasteiger partial charge in [0.1, 0.15) is 5.75 Å². The first-order valence-corrected chi connectivity index (χ1v) is 6.70. The Labute approximate surface area is 120 Å². The van der Waals surface area contributed by atoms with Gasteiger partial charge in [0.15, 0.2) is 0 Å². The molecule has 0 aliphatic carbocycles. The molecule has 0 saturated heterocycles. The van der Waals surface area contributed by atoms with E-state index in [9.17, 15) is 0 Å². The van der Waals surface area contributed by atoms with Crippen LogP contribution in [0, 0.1) is 11.3 Å². The van der Waals surface area contributed by atoms with Gasteiger partial charge in [-0.2, -0.15) is 5.26 Å². The number of rotatable bonds is 9. The van der Waals surface area contributed by atoms with Crippen molar-refractivity contribution in [2.24, 2.45) is 5.73 Å². The van der Waals surface area contributed by atoms with Crippen LogP contribution in [-0.4, -0.2) is 45.4 Å². The molecule has 0 aliphatic heterocycles. The summed E-state index contributed by atoms with van der Waals surface area (Å²) in [5.74, 6) is 0.824. The van der Waals surface area contributed by atoms with Crippen molar-refractivity contribution in [1.29, 1.82) is 5.26 Å². The fourth-order valence-corrected chi connectivity index (χ4v) is 2.15. The quantitative estimate of drug-likeness (QED) is 0.741. The van der Waals surface area contributed by atoms with Crippen LogP contribution in [0.15, 0.2) is 24.3 Å².